The lowest BCUT2D eigenvalue weighted by Gasteiger charge is -2.15. The van der Waals surface area contributed by atoms with Gasteiger partial charge in [-0.15, -0.1) is 0 Å². The Balaban J connectivity index is 1.73. The van der Waals surface area contributed by atoms with Crippen LogP contribution >= 0.6 is 0 Å². The molecule has 3 aromatic rings. The molecule has 0 aliphatic heterocycles. The fourth-order valence-corrected chi connectivity index (χ4v) is 2.97. The Morgan fingerprint density at radius 2 is 2.00 bits per heavy atom. The summed E-state index contributed by atoms with van der Waals surface area (Å²) in [6.07, 6.45) is 0.588. The number of hydrogen-bond acceptors (Lipinski definition) is 6. The van der Waals surface area contributed by atoms with Gasteiger partial charge in [0.25, 0.3) is 5.91 Å². The summed E-state index contributed by atoms with van der Waals surface area (Å²) >= 11 is 0. The van der Waals surface area contributed by atoms with Crippen LogP contribution in [0.25, 0.3) is 11.0 Å². The van der Waals surface area contributed by atoms with E-state index in [9.17, 15) is 9.59 Å². The van der Waals surface area contributed by atoms with Gasteiger partial charge in [0.2, 0.25) is 5.76 Å². The average molecular weight is 399 g/mol. The quantitative estimate of drug-likeness (QED) is 0.601. The summed E-state index contributed by atoms with van der Waals surface area (Å²) in [5.41, 5.74) is 1.19. The van der Waals surface area contributed by atoms with Crippen molar-refractivity contribution in [3.8, 4) is 5.75 Å². The van der Waals surface area contributed by atoms with E-state index in [0.717, 1.165) is 5.39 Å². The van der Waals surface area contributed by atoms with Crippen molar-refractivity contribution in [1.82, 2.24) is 9.78 Å². The number of amides is 1. The summed E-state index contributed by atoms with van der Waals surface area (Å²) in [6, 6.07) is 7.10. The second-order valence-corrected chi connectivity index (χ2v) is 6.94. The third kappa shape index (κ3) is 4.26. The maximum absolute atomic E-state index is 12.6. The van der Waals surface area contributed by atoms with Crippen molar-refractivity contribution in [3.05, 3.63) is 41.8 Å². The summed E-state index contributed by atoms with van der Waals surface area (Å²) in [7, 11) is 0. The summed E-state index contributed by atoms with van der Waals surface area (Å²) in [5.74, 6) is 0.153. The molecule has 2 heterocycles. The minimum Gasteiger partial charge on any atom is -0.494 e. The van der Waals surface area contributed by atoms with Crippen LogP contribution in [0.2, 0.25) is 0 Å². The number of hydrogen-bond donors (Lipinski definition) is 1. The first-order chi connectivity index (χ1) is 13.8. The van der Waals surface area contributed by atoms with Gasteiger partial charge >= 0.3 is 5.97 Å². The number of carbonyl (C=O) groups is 2. The van der Waals surface area contributed by atoms with E-state index in [1.54, 1.807) is 36.0 Å². The molecule has 0 bridgehead atoms. The van der Waals surface area contributed by atoms with Crippen LogP contribution in [0.15, 0.2) is 34.9 Å². The van der Waals surface area contributed by atoms with Crippen LogP contribution < -0.4 is 10.1 Å². The predicted molar refractivity (Wildman–Crippen MR) is 108 cm³/mol. The molecule has 1 atom stereocenters. The molecular formula is C21H25N3O5. The predicted octanol–water partition coefficient (Wildman–Crippen LogP) is 4.10. The number of rotatable bonds is 7. The van der Waals surface area contributed by atoms with Gasteiger partial charge in [0.05, 0.1) is 12.8 Å². The van der Waals surface area contributed by atoms with E-state index < -0.39 is 18.0 Å². The Hall–Kier alpha value is -3.29. The molecule has 0 unspecified atom stereocenters. The van der Waals surface area contributed by atoms with Crippen molar-refractivity contribution in [2.24, 2.45) is 0 Å². The number of ether oxygens (including phenoxy) is 2. The highest BCUT2D eigenvalue weighted by molar-refractivity contribution is 5.99. The fraction of sp³-hybridized carbons (Fsp3) is 0.381. The minimum absolute atomic E-state index is 0.0699. The lowest BCUT2D eigenvalue weighted by molar-refractivity contribution is -0.123. The van der Waals surface area contributed by atoms with E-state index in [-0.39, 0.29) is 11.8 Å². The highest BCUT2D eigenvalue weighted by Crippen LogP contribution is 2.29. The van der Waals surface area contributed by atoms with Crippen molar-refractivity contribution in [3.63, 3.8) is 0 Å². The maximum atomic E-state index is 12.6. The Kier molecular flexibility index (Phi) is 5.91. The first kappa shape index (κ1) is 20.4. The zero-order valence-corrected chi connectivity index (χ0v) is 17.2. The van der Waals surface area contributed by atoms with E-state index in [2.05, 4.69) is 10.4 Å². The molecule has 1 N–H and O–H groups in total. The molecule has 2 aromatic heterocycles. The maximum Gasteiger partial charge on any atom is 0.375 e. The topological polar surface area (TPSA) is 95.6 Å². The van der Waals surface area contributed by atoms with Crippen molar-refractivity contribution in [2.75, 3.05) is 11.9 Å². The number of nitrogens with one attached hydrogen (secondary N) is 1. The van der Waals surface area contributed by atoms with Crippen LogP contribution in [0.1, 0.15) is 49.9 Å². The van der Waals surface area contributed by atoms with Crippen LogP contribution in [0.4, 0.5) is 5.82 Å². The number of esters is 1. The van der Waals surface area contributed by atoms with E-state index >= 15 is 0 Å². The summed E-state index contributed by atoms with van der Waals surface area (Å²) in [4.78, 5) is 25.0. The Labute approximate surface area is 168 Å². The lowest BCUT2D eigenvalue weighted by atomic mass is 10.1. The number of nitrogens with zero attached hydrogens (tertiary/aromatic N) is 2. The van der Waals surface area contributed by atoms with Gasteiger partial charge in [-0.25, -0.2) is 9.48 Å². The number of carbonyl (C=O) groups excluding carboxylic acids is 2. The molecule has 0 saturated heterocycles. The molecule has 1 amide bonds. The van der Waals surface area contributed by atoms with Gasteiger partial charge in [0.1, 0.15) is 17.2 Å². The summed E-state index contributed by atoms with van der Waals surface area (Å²) in [6.45, 7) is 9.62. The molecule has 0 radical (unpaired) electrons. The number of aromatic nitrogens is 2. The van der Waals surface area contributed by atoms with E-state index in [1.807, 2.05) is 26.8 Å². The van der Waals surface area contributed by atoms with Crippen LogP contribution in [0.5, 0.6) is 5.75 Å². The van der Waals surface area contributed by atoms with E-state index in [4.69, 9.17) is 13.9 Å². The molecular weight excluding hydrogens is 374 g/mol. The first-order valence-corrected chi connectivity index (χ1v) is 9.53. The van der Waals surface area contributed by atoms with Crippen molar-refractivity contribution in [1.29, 1.82) is 0 Å². The molecule has 29 heavy (non-hydrogen) atoms. The molecule has 8 nitrogen and oxygen atoms in total. The van der Waals surface area contributed by atoms with Gasteiger partial charge in [-0.3, -0.25) is 4.79 Å². The third-order valence-electron chi connectivity index (χ3n) is 4.47. The molecule has 8 heteroatoms. The van der Waals surface area contributed by atoms with Gasteiger partial charge < -0.3 is 19.2 Å². The molecule has 1 aromatic carbocycles. The van der Waals surface area contributed by atoms with Crippen LogP contribution in [0, 0.1) is 6.92 Å². The summed E-state index contributed by atoms with van der Waals surface area (Å²) < 4.78 is 18.2. The normalized spacial score (nSPS) is 12.2. The molecule has 0 aliphatic rings. The van der Waals surface area contributed by atoms with E-state index in [1.165, 1.54) is 6.92 Å². The molecule has 0 saturated carbocycles. The summed E-state index contributed by atoms with van der Waals surface area (Å²) in [5, 5.41) is 7.65. The lowest BCUT2D eigenvalue weighted by Crippen LogP contribution is -2.31. The molecule has 0 spiro atoms. The Morgan fingerprint density at radius 3 is 2.69 bits per heavy atom. The standard InChI is InChI=1S/C21H25N3O5/c1-6-27-15-7-8-17-16(11-15)13(4)19(29-17)21(26)28-14(5)20(25)23-18-9-10-22-24(18)12(2)3/h7-12,14H,6H2,1-5H3,(H,23,25)/t14-/m0/s1. The van der Waals surface area contributed by atoms with Gasteiger partial charge in [0, 0.05) is 23.1 Å². The Bertz CT molecular complexity index is 1030. The smallest absolute Gasteiger partial charge is 0.375 e. The second-order valence-electron chi connectivity index (χ2n) is 6.94. The zero-order valence-electron chi connectivity index (χ0n) is 17.2. The van der Waals surface area contributed by atoms with Crippen molar-refractivity contribution < 1.29 is 23.5 Å². The van der Waals surface area contributed by atoms with Gasteiger partial charge in [0.15, 0.2) is 6.10 Å². The third-order valence-corrected chi connectivity index (χ3v) is 4.47. The molecule has 0 aliphatic carbocycles. The van der Waals surface area contributed by atoms with Crippen molar-refractivity contribution >= 4 is 28.7 Å². The number of anilines is 1. The van der Waals surface area contributed by atoms with E-state index in [0.29, 0.717) is 29.3 Å². The van der Waals surface area contributed by atoms with Gasteiger partial charge in [-0.1, -0.05) is 0 Å². The number of fused-ring (bicyclic) bond motifs is 1. The second kappa shape index (κ2) is 8.38. The monoisotopic (exact) mass is 399 g/mol. The van der Waals surface area contributed by atoms with Crippen LogP contribution in [0.3, 0.4) is 0 Å². The number of benzene rings is 1. The molecule has 154 valence electrons. The largest absolute Gasteiger partial charge is 0.494 e. The number of furan rings is 1. The SMILES string of the molecule is CCOc1ccc2oc(C(=O)O[C@@H](C)C(=O)Nc3ccnn3C(C)C)c(C)c2c1. The zero-order chi connectivity index (χ0) is 21.1. The van der Waals surface area contributed by atoms with Gasteiger partial charge in [-0.2, -0.15) is 5.10 Å². The molecule has 3 rings (SSSR count). The number of aryl methyl sites for hydroxylation is 1. The first-order valence-electron chi connectivity index (χ1n) is 9.53. The minimum atomic E-state index is -1.01. The Morgan fingerprint density at radius 1 is 1.24 bits per heavy atom. The fourth-order valence-electron chi connectivity index (χ4n) is 2.97. The highest BCUT2D eigenvalue weighted by Gasteiger charge is 2.25. The van der Waals surface area contributed by atoms with Gasteiger partial charge in [-0.05, 0) is 52.8 Å². The molecule has 0 fully saturated rings. The average Bonchev–Trinajstić information content (AvgIpc) is 3.27. The van der Waals surface area contributed by atoms with Crippen LogP contribution in [-0.4, -0.2) is 34.4 Å². The van der Waals surface area contributed by atoms with Crippen LogP contribution in [-0.2, 0) is 9.53 Å². The van der Waals surface area contributed by atoms with Crippen molar-refractivity contribution in [2.45, 2.75) is 46.8 Å². The highest BCUT2D eigenvalue weighted by atomic mass is 16.6.